The molecule has 1 amide bonds. The summed E-state index contributed by atoms with van der Waals surface area (Å²) in [7, 11) is 4.04. The smallest absolute Gasteiger partial charge is 0.246 e. The molecule has 2 aromatic rings. The van der Waals surface area contributed by atoms with Crippen molar-refractivity contribution in [2.24, 2.45) is 7.05 Å². The average Bonchev–Trinajstić information content (AvgIpc) is 3.23. The third-order valence-corrected chi connectivity index (χ3v) is 5.05. The molecule has 0 aliphatic carbocycles. The molecule has 0 bridgehead atoms. The van der Waals surface area contributed by atoms with Crippen LogP contribution in [-0.4, -0.2) is 51.7 Å². The second kappa shape index (κ2) is 7.66. The first-order valence-corrected chi connectivity index (χ1v) is 8.74. The number of rotatable bonds is 5. The van der Waals surface area contributed by atoms with Gasteiger partial charge in [0.25, 0.3) is 0 Å². The minimum absolute atomic E-state index is 0.0823. The predicted molar refractivity (Wildman–Crippen MR) is 99.9 cm³/mol. The first-order chi connectivity index (χ1) is 12.0. The number of likely N-dealkylation sites (N-methyl/N-ethyl adjacent to an activating group) is 1. The highest BCUT2D eigenvalue weighted by Gasteiger charge is 2.27. The van der Waals surface area contributed by atoms with Crippen LogP contribution in [0.1, 0.15) is 23.2 Å². The molecule has 2 heterocycles. The van der Waals surface area contributed by atoms with Crippen molar-refractivity contribution in [3.63, 3.8) is 0 Å². The Kier molecular flexibility index (Phi) is 5.34. The van der Waals surface area contributed by atoms with Gasteiger partial charge in [0.05, 0.1) is 6.20 Å². The fraction of sp³-hybridized carbons (Fsp3) is 0.400. The average molecular weight is 338 g/mol. The lowest BCUT2D eigenvalue weighted by Gasteiger charge is -2.24. The van der Waals surface area contributed by atoms with E-state index in [-0.39, 0.29) is 5.91 Å². The molecule has 1 aromatic carbocycles. The van der Waals surface area contributed by atoms with Gasteiger partial charge in [-0.15, -0.1) is 0 Å². The maximum atomic E-state index is 12.5. The van der Waals surface area contributed by atoms with Crippen LogP contribution < -0.4 is 0 Å². The zero-order valence-electron chi connectivity index (χ0n) is 15.2. The van der Waals surface area contributed by atoms with Crippen LogP contribution in [0.2, 0.25) is 0 Å². The van der Waals surface area contributed by atoms with E-state index in [4.69, 9.17) is 0 Å². The Morgan fingerprint density at radius 1 is 1.36 bits per heavy atom. The SMILES string of the molecule is Cc1c(/C=C/C(=O)N2CCC(N(C)Cc3ccccc3)C2)cnn1C. The lowest BCUT2D eigenvalue weighted by molar-refractivity contribution is -0.125. The van der Waals surface area contributed by atoms with Crippen LogP contribution in [0.4, 0.5) is 0 Å². The van der Waals surface area contributed by atoms with Crippen molar-refractivity contribution < 1.29 is 4.79 Å². The highest BCUT2D eigenvalue weighted by atomic mass is 16.2. The van der Waals surface area contributed by atoms with Gasteiger partial charge in [0, 0.05) is 50.1 Å². The monoisotopic (exact) mass is 338 g/mol. The lowest BCUT2D eigenvalue weighted by Crippen LogP contribution is -2.35. The number of nitrogens with zero attached hydrogens (tertiary/aromatic N) is 4. The molecule has 1 aromatic heterocycles. The van der Waals surface area contributed by atoms with E-state index < -0.39 is 0 Å². The van der Waals surface area contributed by atoms with Crippen molar-refractivity contribution in [2.75, 3.05) is 20.1 Å². The summed E-state index contributed by atoms with van der Waals surface area (Å²) in [6, 6.07) is 10.9. The fourth-order valence-electron chi connectivity index (χ4n) is 3.25. The molecule has 1 unspecified atom stereocenters. The summed E-state index contributed by atoms with van der Waals surface area (Å²) >= 11 is 0. The van der Waals surface area contributed by atoms with Crippen molar-refractivity contribution in [2.45, 2.75) is 25.9 Å². The summed E-state index contributed by atoms with van der Waals surface area (Å²) < 4.78 is 1.81. The van der Waals surface area contributed by atoms with Crippen LogP contribution in [0.5, 0.6) is 0 Å². The molecule has 1 saturated heterocycles. The normalized spacial score (nSPS) is 17.8. The Morgan fingerprint density at radius 3 is 2.80 bits per heavy atom. The largest absolute Gasteiger partial charge is 0.338 e. The van der Waals surface area contributed by atoms with Gasteiger partial charge < -0.3 is 4.90 Å². The van der Waals surface area contributed by atoms with Crippen LogP contribution in [0.3, 0.4) is 0 Å². The zero-order valence-corrected chi connectivity index (χ0v) is 15.2. The Labute approximate surface area is 149 Å². The lowest BCUT2D eigenvalue weighted by atomic mass is 10.1. The highest BCUT2D eigenvalue weighted by Crippen LogP contribution is 2.17. The van der Waals surface area contributed by atoms with Gasteiger partial charge in [0.1, 0.15) is 0 Å². The van der Waals surface area contributed by atoms with Gasteiger partial charge in [-0.25, -0.2) is 0 Å². The zero-order chi connectivity index (χ0) is 17.8. The Balaban J connectivity index is 1.55. The number of carbonyl (C=O) groups is 1. The molecular weight excluding hydrogens is 312 g/mol. The molecule has 0 spiro atoms. The van der Waals surface area contributed by atoms with E-state index >= 15 is 0 Å². The molecule has 1 atom stereocenters. The standard InChI is InChI=1S/C20H26N4O/c1-16-18(13-21-23(16)3)9-10-20(25)24-12-11-19(15-24)22(2)14-17-7-5-4-6-8-17/h4-10,13,19H,11-12,14-15H2,1-3H3/b10-9+. The van der Waals surface area contributed by atoms with Gasteiger partial charge in [-0.05, 0) is 32.0 Å². The first-order valence-electron chi connectivity index (χ1n) is 8.74. The van der Waals surface area contributed by atoms with E-state index in [1.807, 2.05) is 35.7 Å². The van der Waals surface area contributed by atoms with Crippen molar-refractivity contribution in [3.05, 3.63) is 59.4 Å². The van der Waals surface area contributed by atoms with Gasteiger partial charge in [0.2, 0.25) is 5.91 Å². The Morgan fingerprint density at radius 2 is 2.12 bits per heavy atom. The first kappa shape index (κ1) is 17.4. The molecule has 1 aliphatic rings. The van der Waals surface area contributed by atoms with Gasteiger partial charge >= 0.3 is 0 Å². The van der Waals surface area contributed by atoms with Gasteiger partial charge in [-0.3, -0.25) is 14.4 Å². The molecule has 25 heavy (non-hydrogen) atoms. The number of carbonyl (C=O) groups excluding carboxylic acids is 1. The van der Waals surface area contributed by atoms with E-state index in [9.17, 15) is 4.79 Å². The maximum absolute atomic E-state index is 12.5. The molecule has 1 aliphatic heterocycles. The van der Waals surface area contributed by atoms with Crippen LogP contribution in [0.15, 0.2) is 42.6 Å². The minimum Gasteiger partial charge on any atom is -0.338 e. The third-order valence-electron chi connectivity index (χ3n) is 5.05. The predicted octanol–water partition coefficient (Wildman–Crippen LogP) is 2.47. The van der Waals surface area contributed by atoms with Gasteiger partial charge in [0.15, 0.2) is 0 Å². The van der Waals surface area contributed by atoms with Crippen molar-refractivity contribution in [1.29, 1.82) is 0 Å². The van der Waals surface area contributed by atoms with Crippen LogP contribution in [0, 0.1) is 6.92 Å². The summed E-state index contributed by atoms with van der Waals surface area (Å²) in [5.41, 5.74) is 3.36. The van der Waals surface area contributed by atoms with E-state index in [0.29, 0.717) is 6.04 Å². The highest BCUT2D eigenvalue weighted by molar-refractivity contribution is 5.92. The summed E-state index contributed by atoms with van der Waals surface area (Å²) in [5.74, 6) is 0.0823. The van der Waals surface area contributed by atoms with Crippen molar-refractivity contribution in [1.82, 2.24) is 19.6 Å². The van der Waals surface area contributed by atoms with E-state index in [1.54, 1.807) is 12.3 Å². The molecule has 3 rings (SSSR count). The number of aromatic nitrogens is 2. The molecule has 1 fully saturated rings. The Bertz CT molecular complexity index is 750. The second-order valence-corrected chi connectivity index (χ2v) is 6.77. The maximum Gasteiger partial charge on any atom is 0.246 e. The van der Waals surface area contributed by atoms with Crippen molar-refractivity contribution in [3.8, 4) is 0 Å². The topological polar surface area (TPSA) is 41.4 Å². The van der Waals surface area contributed by atoms with Crippen LogP contribution in [0.25, 0.3) is 6.08 Å². The third kappa shape index (κ3) is 4.17. The molecule has 0 N–H and O–H groups in total. The van der Waals surface area contributed by atoms with Gasteiger partial charge in [-0.2, -0.15) is 5.10 Å². The van der Waals surface area contributed by atoms with Gasteiger partial charge in [-0.1, -0.05) is 30.3 Å². The molecule has 0 radical (unpaired) electrons. The number of benzene rings is 1. The van der Waals surface area contributed by atoms with E-state index in [1.165, 1.54) is 5.56 Å². The Hall–Kier alpha value is -2.40. The molecule has 132 valence electrons. The summed E-state index contributed by atoms with van der Waals surface area (Å²) in [4.78, 5) is 16.7. The minimum atomic E-state index is 0.0823. The molecular formula is C20H26N4O. The number of likely N-dealkylation sites (tertiary alicyclic amines) is 1. The molecule has 5 heteroatoms. The second-order valence-electron chi connectivity index (χ2n) is 6.77. The summed E-state index contributed by atoms with van der Waals surface area (Å²) in [6.07, 6.45) is 6.35. The number of hydrogen-bond donors (Lipinski definition) is 0. The molecule has 0 saturated carbocycles. The van der Waals surface area contributed by atoms with E-state index in [2.05, 4.69) is 41.3 Å². The quantitative estimate of drug-likeness (QED) is 0.787. The molecule has 5 nitrogen and oxygen atoms in total. The van der Waals surface area contributed by atoms with Crippen LogP contribution in [-0.2, 0) is 18.4 Å². The number of hydrogen-bond acceptors (Lipinski definition) is 3. The van der Waals surface area contributed by atoms with E-state index in [0.717, 1.165) is 37.3 Å². The van der Waals surface area contributed by atoms with Crippen molar-refractivity contribution >= 4 is 12.0 Å². The summed E-state index contributed by atoms with van der Waals surface area (Å²) in [5, 5.41) is 4.20. The van der Waals surface area contributed by atoms with Crippen LogP contribution >= 0.6 is 0 Å². The summed E-state index contributed by atoms with van der Waals surface area (Å²) in [6.45, 7) is 4.53. The number of aryl methyl sites for hydroxylation is 1. The number of amides is 1. The fourth-order valence-corrected chi connectivity index (χ4v) is 3.25.